The minimum atomic E-state index is -0.226. The number of hydrogen-bond acceptors (Lipinski definition) is 4. The van der Waals surface area contributed by atoms with Crippen molar-refractivity contribution in [1.82, 2.24) is 25.5 Å². The SMILES string of the molecule is CCCNC(C)c1nnnn1-c1ccc(F)c(C)c1. The number of nitrogens with zero attached hydrogens (tertiary/aromatic N) is 4. The molecule has 0 saturated carbocycles. The zero-order valence-electron chi connectivity index (χ0n) is 11.4. The van der Waals surface area contributed by atoms with Crippen LogP contribution in [0.4, 0.5) is 4.39 Å². The number of benzene rings is 1. The lowest BCUT2D eigenvalue weighted by Gasteiger charge is -2.13. The summed E-state index contributed by atoms with van der Waals surface area (Å²) in [4.78, 5) is 0. The van der Waals surface area contributed by atoms with Crippen molar-refractivity contribution in [3.8, 4) is 5.69 Å². The molecule has 1 atom stereocenters. The molecule has 6 heteroatoms. The summed E-state index contributed by atoms with van der Waals surface area (Å²) in [7, 11) is 0. The molecule has 0 aliphatic heterocycles. The summed E-state index contributed by atoms with van der Waals surface area (Å²) in [6.45, 7) is 6.73. The first-order chi connectivity index (χ1) is 9.13. The quantitative estimate of drug-likeness (QED) is 0.898. The van der Waals surface area contributed by atoms with Crippen molar-refractivity contribution in [3.63, 3.8) is 0 Å². The Morgan fingerprint density at radius 3 is 2.89 bits per heavy atom. The Balaban J connectivity index is 2.30. The molecular formula is C13H18FN5. The molecule has 0 spiro atoms. The van der Waals surface area contributed by atoms with Crippen LogP contribution in [0.3, 0.4) is 0 Å². The lowest BCUT2D eigenvalue weighted by atomic mass is 10.2. The van der Waals surface area contributed by atoms with Gasteiger partial charge in [0.2, 0.25) is 0 Å². The zero-order valence-corrected chi connectivity index (χ0v) is 11.4. The summed E-state index contributed by atoms with van der Waals surface area (Å²) in [5, 5.41) is 15.1. The second-order valence-corrected chi connectivity index (χ2v) is 4.56. The zero-order chi connectivity index (χ0) is 13.8. The molecule has 19 heavy (non-hydrogen) atoms. The molecule has 1 aromatic heterocycles. The first-order valence-electron chi connectivity index (χ1n) is 6.41. The van der Waals surface area contributed by atoms with Gasteiger partial charge in [-0.05, 0) is 61.0 Å². The van der Waals surface area contributed by atoms with Crippen LogP contribution < -0.4 is 5.32 Å². The number of nitrogens with one attached hydrogen (secondary N) is 1. The van der Waals surface area contributed by atoms with Gasteiger partial charge in [0, 0.05) is 0 Å². The van der Waals surface area contributed by atoms with E-state index < -0.39 is 0 Å². The lowest BCUT2D eigenvalue weighted by Crippen LogP contribution is -2.22. The van der Waals surface area contributed by atoms with Gasteiger partial charge in [-0.2, -0.15) is 4.68 Å². The molecule has 5 nitrogen and oxygen atoms in total. The van der Waals surface area contributed by atoms with Crippen LogP contribution in [0.2, 0.25) is 0 Å². The van der Waals surface area contributed by atoms with E-state index in [-0.39, 0.29) is 11.9 Å². The van der Waals surface area contributed by atoms with Gasteiger partial charge in [0.25, 0.3) is 0 Å². The molecule has 0 radical (unpaired) electrons. The van der Waals surface area contributed by atoms with Gasteiger partial charge in [0.1, 0.15) is 5.82 Å². The Kier molecular flexibility index (Phi) is 4.21. The van der Waals surface area contributed by atoms with E-state index in [1.54, 1.807) is 23.7 Å². The Morgan fingerprint density at radius 1 is 1.42 bits per heavy atom. The molecule has 0 fully saturated rings. The Hall–Kier alpha value is -1.82. The van der Waals surface area contributed by atoms with Crippen LogP contribution in [-0.2, 0) is 0 Å². The Labute approximate surface area is 111 Å². The number of halogens is 1. The minimum absolute atomic E-state index is 0.0420. The first kappa shape index (κ1) is 13.6. The lowest BCUT2D eigenvalue weighted by molar-refractivity contribution is 0.531. The van der Waals surface area contributed by atoms with Crippen LogP contribution >= 0.6 is 0 Å². The van der Waals surface area contributed by atoms with E-state index in [1.807, 2.05) is 6.92 Å². The summed E-state index contributed by atoms with van der Waals surface area (Å²) >= 11 is 0. The second kappa shape index (κ2) is 5.88. The topological polar surface area (TPSA) is 55.6 Å². The first-order valence-corrected chi connectivity index (χ1v) is 6.41. The van der Waals surface area contributed by atoms with E-state index in [1.165, 1.54) is 6.07 Å². The highest BCUT2D eigenvalue weighted by atomic mass is 19.1. The van der Waals surface area contributed by atoms with E-state index in [2.05, 4.69) is 27.8 Å². The highest BCUT2D eigenvalue weighted by Crippen LogP contribution is 2.16. The van der Waals surface area contributed by atoms with Crippen molar-refractivity contribution >= 4 is 0 Å². The van der Waals surface area contributed by atoms with Crippen LogP contribution in [0.5, 0.6) is 0 Å². The molecule has 0 bridgehead atoms. The molecule has 0 amide bonds. The number of hydrogen-bond donors (Lipinski definition) is 1. The molecule has 2 rings (SSSR count). The molecule has 1 unspecified atom stereocenters. The molecule has 0 aliphatic rings. The average Bonchev–Trinajstić information content (AvgIpc) is 2.88. The van der Waals surface area contributed by atoms with Crippen molar-refractivity contribution in [2.24, 2.45) is 0 Å². The predicted molar refractivity (Wildman–Crippen MR) is 70.6 cm³/mol. The fourth-order valence-electron chi connectivity index (χ4n) is 1.86. The van der Waals surface area contributed by atoms with Crippen LogP contribution in [0, 0.1) is 12.7 Å². The van der Waals surface area contributed by atoms with Gasteiger partial charge in [-0.15, -0.1) is 5.10 Å². The van der Waals surface area contributed by atoms with Gasteiger partial charge < -0.3 is 5.32 Å². The van der Waals surface area contributed by atoms with Crippen LogP contribution in [0.25, 0.3) is 5.69 Å². The minimum Gasteiger partial charge on any atom is -0.307 e. The normalized spacial score (nSPS) is 12.6. The molecule has 0 saturated heterocycles. The monoisotopic (exact) mass is 263 g/mol. The third kappa shape index (κ3) is 2.96. The van der Waals surface area contributed by atoms with E-state index in [0.29, 0.717) is 5.56 Å². The van der Waals surface area contributed by atoms with Crippen molar-refractivity contribution in [2.45, 2.75) is 33.2 Å². The average molecular weight is 263 g/mol. The van der Waals surface area contributed by atoms with E-state index in [4.69, 9.17) is 0 Å². The highest BCUT2D eigenvalue weighted by Gasteiger charge is 2.15. The summed E-state index contributed by atoms with van der Waals surface area (Å²) in [5.74, 6) is 0.495. The largest absolute Gasteiger partial charge is 0.307 e. The van der Waals surface area contributed by atoms with Crippen molar-refractivity contribution in [3.05, 3.63) is 35.4 Å². The predicted octanol–water partition coefficient (Wildman–Crippen LogP) is 2.17. The van der Waals surface area contributed by atoms with Gasteiger partial charge >= 0.3 is 0 Å². The summed E-state index contributed by atoms with van der Waals surface area (Å²) in [5.41, 5.74) is 1.34. The van der Waals surface area contributed by atoms with Crippen LogP contribution in [-0.4, -0.2) is 26.8 Å². The molecule has 1 heterocycles. The van der Waals surface area contributed by atoms with Gasteiger partial charge in [-0.1, -0.05) is 6.92 Å². The number of aromatic nitrogens is 4. The number of rotatable bonds is 5. The number of aryl methyl sites for hydroxylation is 1. The van der Waals surface area contributed by atoms with Gasteiger partial charge in [-0.3, -0.25) is 0 Å². The fourth-order valence-corrected chi connectivity index (χ4v) is 1.86. The molecule has 102 valence electrons. The molecular weight excluding hydrogens is 245 g/mol. The molecule has 2 aromatic rings. The van der Waals surface area contributed by atoms with Gasteiger partial charge in [0.05, 0.1) is 11.7 Å². The Bertz CT molecular complexity index is 552. The Morgan fingerprint density at radius 2 is 2.21 bits per heavy atom. The third-order valence-corrected chi connectivity index (χ3v) is 2.97. The summed E-state index contributed by atoms with van der Waals surface area (Å²) in [6.07, 6.45) is 1.04. The highest BCUT2D eigenvalue weighted by molar-refractivity contribution is 5.36. The summed E-state index contributed by atoms with van der Waals surface area (Å²) in [6, 6.07) is 4.89. The van der Waals surface area contributed by atoms with E-state index in [9.17, 15) is 4.39 Å². The molecule has 0 aliphatic carbocycles. The van der Waals surface area contributed by atoms with E-state index >= 15 is 0 Å². The molecule has 1 aromatic carbocycles. The summed E-state index contributed by atoms with van der Waals surface area (Å²) < 4.78 is 14.9. The van der Waals surface area contributed by atoms with Gasteiger partial charge in [0.15, 0.2) is 5.82 Å². The fraction of sp³-hybridized carbons (Fsp3) is 0.462. The maximum atomic E-state index is 13.3. The maximum absolute atomic E-state index is 13.3. The molecule has 1 N–H and O–H groups in total. The van der Waals surface area contributed by atoms with Crippen LogP contribution in [0.15, 0.2) is 18.2 Å². The number of tetrazole rings is 1. The smallest absolute Gasteiger partial charge is 0.173 e. The third-order valence-electron chi connectivity index (χ3n) is 2.97. The standard InChI is InChI=1S/C13H18FN5/c1-4-7-15-10(3)13-16-17-18-19(13)11-5-6-12(14)9(2)8-11/h5-6,8,10,15H,4,7H2,1-3H3. The van der Waals surface area contributed by atoms with Gasteiger partial charge in [-0.25, -0.2) is 4.39 Å². The van der Waals surface area contributed by atoms with Crippen molar-refractivity contribution in [2.75, 3.05) is 6.54 Å². The van der Waals surface area contributed by atoms with E-state index in [0.717, 1.165) is 24.5 Å². The second-order valence-electron chi connectivity index (χ2n) is 4.56. The maximum Gasteiger partial charge on any atom is 0.173 e. The van der Waals surface area contributed by atoms with Crippen LogP contribution in [0.1, 0.15) is 37.7 Å². The van der Waals surface area contributed by atoms with Crippen molar-refractivity contribution in [1.29, 1.82) is 0 Å². The van der Waals surface area contributed by atoms with Crippen molar-refractivity contribution < 1.29 is 4.39 Å².